The molecule has 3 aromatic rings. The normalized spacial score (nSPS) is 14.6. The van der Waals surface area contributed by atoms with E-state index in [2.05, 4.69) is 20.2 Å². The fraction of sp³-hybridized carbons (Fsp3) is 0.278. The standard InChI is InChI=1S/C18H17ClN6O2/c1-11-8-14(13-3-2-12(19)9-15(13)22-11)17(26)24-4-6-25(7-5-24)18(27)16-20-10-21-23-16/h2-3,8-10H,4-7H2,1H3,(H,20,21,23). The molecular weight excluding hydrogens is 368 g/mol. The molecule has 0 saturated carbocycles. The van der Waals surface area contributed by atoms with Crippen LogP contribution in [0.4, 0.5) is 0 Å². The third-order valence-corrected chi connectivity index (χ3v) is 4.84. The summed E-state index contributed by atoms with van der Waals surface area (Å²) in [6.07, 6.45) is 1.30. The highest BCUT2D eigenvalue weighted by Crippen LogP contribution is 2.24. The quantitative estimate of drug-likeness (QED) is 0.728. The van der Waals surface area contributed by atoms with E-state index in [1.54, 1.807) is 28.0 Å². The molecule has 1 aliphatic rings. The molecule has 27 heavy (non-hydrogen) atoms. The Bertz CT molecular complexity index is 1010. The summed E-state index contributed by atoms with van der Waals surface area (Å²) in [5.74, 6) is -0.0681. The molecular formula is C18H17ClN6O2. The first-order valence-electron chi connectivity index (χ1n) is 8.54. The van der Waals surface area contributed by atoms with Gasteiger partial charge in [-0.2, -0.15) is 5.10 Å². The molecule has 2 amide bonds. The topological polar surface area (TPSA) is 95.1 Å². The van der Waals surface area contributed by atoms with Crippen LogP contribution in [0.1, 0.15) is 26.7 Å². The molecule has 0 spiro atoms. The van der Waals surface area contributed by atoms with Crippen LogP contribution >= 0.6 is 11.6 Å². The molecule has 0 unspecified atom stereocenters. The molecule has 3 heterocycles. The van der Waals surface area contributed by atoms with Gasteiger partial charge in [-0.1, -0.05) is 17.7 Å². The number of aryl methyl sites for hydroxylation is 1. The summed E-state index contributed by atoms with van der Waals surface area (Å²) >= 11 is 6.05. The number of pyridine rings is 1. The molecule has 1 aromatic carbocycles. The molecule has 1 aliphatic heterocycles. The van der Waals surface area contributed by atoms with Gasteiger partial charge in [-0.05, 0) is 25.1 Å². The Morgan fingerprint density at radius 3 is 2.44 bits per heavy atom. The lowest BCUT2D eigenvalue weighted by Crippen LogP contribution is -2.50. The number of nitrogens with zero attached hydrogens (tertiary/aromatic N) is 5. The van der Waals surface area contributed by atoms with Crippen LogP contribution in [0.2, 0.25) is 5.02 Å². The van der Waals surface area contributed by atoms with E-state index in [9.17, 15) is 9.59 Å². The molecule has 0 radical (unpaired) electrons. The number of carbonyl (C=O) groups excluding carboxylic acids is 2. The Balaban J connectivity index is 1.53. The number of hydrogen-bond acceptors (Lipinski definition) is 5. The maximum atomic E-state index is 13.1. The van der Waals surface area contributed by atoms with Crippen molar-refractivity contribution in [3.05, 3.63) is 52.7 Å². The summed E-state index contributed by atoms with van der Waals surface area (Å²) in [6.45, 7) is 3.65. The van der Waals surface area contributed by atoms with Crippen molar-refractivity contribution in [2.24, 2.45) is 0 Å². The van der Waals surface area contributed by atoms with E-state index >= 15 is 0 Å². The fourth-order valence-corrected chi connectivity index (χ4v) is 3.42. The van der Waals surface area contributed by atoms with Gasteiger partial charge in [-0.15, -0.1) is 0 Å². The molecule has 1 saturated heterocycles. The van der Waals surface area contributed by atoms with Gasteiger partial charge in [0, 0.05) is 42.3 Å². The Morgan fingerprint density at radius 2 is 1.78 bits per heavy atom. The van der Waals surface area contributed by atoms with Crippen molar-refractivity contribution in [2.45, 2.75) is 6.92 Å². The molecule has 0 aliphatic carbocycles. The number of amides is 2. The zero-order valence-electron chi connectivity index (χ0n) is 14.6. The molecule has 8 nitrogen and oxygen atoms in total. The second kappa shape index (κ2) is 6.96. The number of fused-ring (bicyclic) bond motifs is 1. The van der Waals surface area contributed by atoms with Crippen LogP contribution in [0.15, 0.2) is 30.6 Å². The van der Waals surface area contributed by atoms with E-state index < -0.39 is 0 Å². The SMILES string of the molecule is Cc1cc(C(=O)N2CCN(C(=O)c3ncn[nH]3)CC2)c2ccc(Cl)cc2n1. The van der Waals surface area contributed by atoms with Crippen LogP contribution in [-0.4, -0.2) is 68.0 Å². The van der Waals surface area contributed by atoms with Crippen LogP contribution in [0.25, 0.3) is 10.9 Å². The Morgan fingerprint density at radius 1 is 1.07 bits per heavy atom. The zero-order valence-corrected chi connectivity index (χ0v) is 15.4. The molecule has 9 heteroatoms. The summed E-state index contributed by atoms with van der Waals surface area (Å²) in [5.41, 5.74) is 2.06. The van der Waals surface area contributed by atoms with Crippen LogP contribution in [0, 0.1) is 6.92 Å². The van der Waals surface area contributed by atoms with Gasteiger partial charge in [0.1, 0.15) is 6.33 Å². The maximum Gasteiger partial charge on any atom is 0.291 e. The minimum atomic E-state index is -0.209. The van der Waals surface area contributed by atoms with E-state index in [0.717, 1.165) is 11.1 Å². The summed E-state index contributed by atoms with van der Waals surface area (Å²) in [6, 6.07) is 7.13. The monoisotopic (exact) mass is 384 g/mol. The van der Waals surface area contributed by atoms with Crippen molar-refractivity contribution in [1.82, 2.24) is 30.0 Å². The van der Waals surface area contributed by atoms with Crippen molar-refractivity contribution in [2.75, 3.05) is 26.2 Å². The Labute approximate surface area is 160 Å². The average Bonchev–Trinajstić information content (AvgIpc) is 3.20. The molecule has 0 bridgehead atoms. The third kappa shape index (κ3) is 3.35. The summed E-state index contributed by atoms with van der Waals surface area (Å²) in [4.78, 5) is 37.2. The number of hydrogen-bond donors (Lipinski definition) is 1. The highest BCUT2D eigenvalue weighted by Gasteiger charge is 2.27. The smallest absolute Gasteiger partial charge is 0.291 e. The van der Waals surface area contributed by atoms with E-state index in [1.165, 1.54) is 6.33 Å². The minimum absolute atomic E-state index is 0.0698. The summed E-state index contributed by atoms with van der Waals surface area (Å²) in [7, 11) is 0. The van der Waals surface area contributed by atoms with Gasteiger partial charge in [0.2, 0.25) is 5.82 Å². The summed E-state index contributed by atoms with van der Waals surface area (Å²) < 4.78 is 0. The van der Waals surface area contributed by atoms with Crippen molar-refractivity contribution in [3.8, 4) is 0 Å². The first-order chi connectivity index (χ1) is 13.0. The lowest BCUT2D eigenvalue weighted by molar-refractivity contribution is 0.0530. The summed E-state index contributed by atoms with van der Waals surface area (Å²) in [5, 5.41) is 7.63. The largest absolute Gasteiger partial charge is 0.335 e. The van der Waals surface area contributed by atoms with E-state index in [4.69, 9.17) is 11.6 Å². The number of aromatic nitrogens is 4. The second-order valence-electron chi connectivity index (χ2n) is 6.39. The first kappa shape index (κ1) is 17.4. The number of carbonyl (C=O) groups is 2. The number of H-pyrrole nitrogens is 1. The molecule has 1 fully saturated rings. The molecule has 0 atom stereocenters. The fourth-order valence-electron chi connectivity index (χ4n) is 3.25. The predicted molar refractivity (Wildman–Crippen MR) is 99.7 cm³/mol. The number of piperazine rings is 1. The van der Waals surface area contributed by atoms with Gasteiger partial charge >= 0.3 is 0 Å². The van der Waals surface area contributed by atoms with Crippen LogP contribution < -0.4 is 0 Å². The second-order valence-corrected chi connectivity index (χ2v) is 6.83. The van der Waals surface area contributed by atoms with Gasteiger partial charge in [0.05, 0.1) is 11.1 Å². The van der Waals surface area contributed by atoms with Crippen LogP contribution in [0.5, 0.6) is 0 Å². The van der Waals surface area contributed by atoms with Gasteiger partial charge in [0.15, 0.2) is 0 Å². The molecule has 138 valence electrons. The van der Waals surface area contributed by atoms with Gasteiger partial charge in [-0.3, -0.25) is 19.7 Å². The lowest BCUT2D eigenvalue weighted by atomic mass is 10.1. The third-order valence-electron chi connectivity index (χ3n) is 4.60. The predicted octanol–water partition coefficient (Wildman–Crippen LogP) is 1.91. The molecule has 1 N–H and O–H groups in total. The number of rotatable bonds is 2. The molecule has 2 aromatic heterocycles. The van der Waals surface area contributed by atoms with Crippen LogP contribution in [-0.2, 0) is 0 Å². The van der Waals surface area contributed by atoms with E-state index in [1.807, 2.05) is 13.0 Å². The zero-order chi connectivity index (χ0) is 19.0. The minimum Gasteiger partial charge on any atom is -0.335 e. The van der Waals surface area contributed by atoms with E-state index in [0.29, 0.717) is 42.3 Å². The van der Waals surface area contributed by atoms with Crippen molar-refractivity contribution < 1.29 is 9.59 Å². The lowest BCUT2D eigenvalue weighted by Gasteiger charge is -2.34. The van der Waals surface area contributed by atoms with Crippen molar-refractivity contribution >= 4 is 34.3 Å². The van der Waals surface area contributed by atoms with Gasteiger partial charge in [-0.25, -0.2) is 4.98 Å². The maximum absolute atomic E-state index is 13.1. The van der Waals surface area contributed by atoms with E-state index in [-0.39, 0.29) is 17.6 Å². The van der Waals surface area contributed by atoms with Crippen molar-refractivity contribution in [3.63, 3.8) is 0 Å². The van der Waals surface area contributed by atoms with Gasteiger partial charge < -0.3 is 9.80 Å². The number of benzene rings is 1. The highest BCUT2D eigenvalue weighted by atomic mass is 35.5. The number of halogens is 1. The highest BCUT2D eigenvalue weighted by molar-refractivity contribution is 6.31. The molecule has 4 rings (SSSR count). The van der Waals surface area contributed by atoms with Crippen molar-refractivity contribution in [1.29, 1.82) is 0 Å². The average molecular weight is 385 g/mol. The Kier molecular flexibility index (Phi) is 4.49. The van der Waals surface area contributed by atoms with Gasteiger partial charge in [0.25, 0.3) is 11.8 Å². The number of nitrogens with one attached hydrogen (secondary N) is 1. The van der Waals surface area contributed by atoms with Crippen LogP contribution in [0.3, 0.4) is 0 Å². The first-order valence-corrected chi connectivity index (χ1v) is 8.91. The number of aromatic amines is 1. The Hall–Kier alpha value is -3.00.